The molecule has 0 radical (unpaired) electrons. The molecule has 0 bridgehead atoms. The maximum Gasteiger partial charge on any atom is 0.146 e. The van der Waals surface area contributed by atoms with Crippen LogP contribution < -0.4 is 10.2 Å². The molecule has 2 N–H and O–H groups in total. The van der Waals surface area contributed by atoms with Crippen LogP contribution in [0.4, 0.5) is 10.1 Å². The van der Waals surface area contributed by atoms with Crippen LogP contribution in [0.1, 0.15) is 32.8 Å². The van der Waals surface area contributed by atoms with Crippen LogP contribution in [0.3, 0.4) is 0 Å². The van der Waals surface area contributed by atoms with Crippen LogP contribution in [-0.4, -0.2) is 31.3 Å². The Morgan fingerprint density at radius 2 is 2.00 bits per heavy atom. The number of nitrogens with zero attached hydrogens (tertiary/aromatic N) is 1. The van der Waals surface area contributed by atoms with Crippen LogP contribution in [0, 0.1) is 11.7 Å². The molecule has 0 saturated carbocycles. The molecule has 4 heteroatoms. The van der Waals surface area contributed by atoms with Crippen LogP contribution in [0.25, 0.3) is 0 Å². The number of hydrogen-bond acceptors (Lipinski definition) is 3. The second kappa shape index (κ2) is 8.22. The Balaban J connectivity index is 2.76. The largest absolute Gasteiger partial charge is 0.393 e. The summed E-state index contributed by atoms with van der Waals surface area (Å²) in [6, 6.07) is 5.18. The van der Waals surface area contributed by atoms with E-state index in [1.807, 2.05) is 18.0 Å². The lowest BCUT2D eigenvalue weighted by Gasteiger charge is -2.24. The first kappa shape index (κ1) is 16.9. The summed E-state index contributed by atoms with van der Waals surface area (Å²) in [6.07, 6.45) is 0.260. The van der Waals surface area contributed by atoms with Gasteiger partial charge in [-0.2, -0.15) is 0 Å². The molecule has 0 heterocycles. The van der Waals surface area contributed by atoms with Crippen molar-refractivity contribution in [2.24, 2.45) is 5.92 Å². The van der Waals surface area contributed by atoms with Crippen molar-refractivity contribution in [3.05, 3.63) is 29.6 Å². The third-order valence-corrected chi connectivity index (χ3v) is 3.20. The summed E-state index contributed by atoms with van der Waals surface area (Å²) in [4.78, 5) is 1.88. The van der Waals surface area contributed by atoms with Crippen molar-refractivity contribution in [2.45, 2.75) is 39.8 Å². The normalized spacial score (nSPS) is 12.8. The van der Waals surface area contributed by atoms with Crippen LogP contribution in [-0.2, 0) is 6.54 Å². The van der Waals surface area contributed by atoms with Gasteiger partial charge in [0.2, 0.25) is 0 Å². The average molecular weight is 282 g/mol. The minimum Gasteiger partial charge on any atom is -0.393 e. The number of nitrogens with one attached hydrogen (secondary N) is 1. The smallest absolute Gasteiger partial charge is 0.146 e. The number of benzene rings is 1. The number of halogens is 1. The number of anilines is 1. The van der Waals surface area contributed by atoms with Gasteiger partial charge in [-0.3, -0.25) is 0 Å². The number of rotatable bonds is 8. The molecule has 1 atom stereocenters. The maximum atomic E-state index is 14.1. The fraction of sp³-hybridized carbons (Fsp3) is 0.625. The Hall–Kier alpha value is -1.13. The van der Waals surface area contributed by atoms with Crippen molar-refractivity contribution in [1.82, 2.24) is 5.32 Å². The van der Waals surface area contributed by atoms with Crippen LogP contribution in [0.5, 0.6) is 0 Å². The molecule has 1 aromatic rings. The molecule has 1 rings (SSSR count). The van der Waals surface area contributed by atoms with Gasteiger partial charge < -0.3 is 15.3 Å². The zero-order chi connectivity index (χ0) is 15.1. The predicted octanol–water partition coefficient (Wildman–Crippen LogP) is 2.78. The van der Waals surface area contributed by atoms with Gasteiger partial charge in [-0.1, -0.05) is 26.0 Å². The second-order valence-electron chi connectivity index (χ2n) is 5.83. The first-order chi connectivity index (χ1) is 9.41. The van der Waals surface area contributed by atoms with E-state index in [4.69, 9.17) is 0 Å². The van der Waals surface area contributed by atoms with E-state index in [1.54, 1.807) is 13.0 Å². The lowest BCUT2D eigenvalue weighted by atomic mass is 10.1. The van der Waals surface area contributed by atoms with Gasteiger partial charge in [-0.25, -0.2) is 4.39 Å². The topological polar surface area (TPSA) is 35.5 Å². The number of aliphatic hydroxyl groups is 1. The van der Waals surface area contributed by atoms with E-state index >= 15 is 0 Å². The Morgan fingerprint density at radius 3 is 2.60 bits per heavy atom. The van der Waals surface area contributed by atoms with E-state index in [0.717, 1.165) is 12.1 Å². The lowest BCUT2D eigenvalue weighted by Crippen LogP contribution is -2.26. The summed E-state index contributed by atoms with van der Waals surface area (Å²) in [5.74, 6) is 0.363. The number of hydrogen-bond donors (Lipinski definition) is 2. The summed E-state index contributed by atoms with van der Waals surface area (Å²) < 4.78 is 14.1. The molecule has 0 spiro atoms. The van der Waals surface area contributed by atoms with Gasteiger partial charge in [0.25, 0.3) is 0 Å². The molecule has 0 amide bonds. The Labute approximate surface area is 121 Å². The fourth-order valence-electron chi connectivity index (χ4n) is 2.12. The summed E-state index contributed by atoms with van der Waals surface area (Å²) in [6.45, 7) is 8.25. The molecular weight excluding hydrogens is 255 g/mol. The highest BCUT2D eigenvalue weighted by molar-refractivity contribution is 5.54. The van der Waals surface area contributed by atoms with Gasteiger partial charge in [0.1, 0.15) is 5.82 Å². The van der Waals surface area contributed by atoms with E-state index in [0.29, 0.717) is 31.1 Å². The van der Waals surface area contributed by atoms with Crippen molar-refractivity contribution < 1.29 is 9.50 Å². The van der Waals surface area contributed by atoms with Gasteiger partial charge >= 0.3 is 0 Å². The number of para-hydroxylation sites is 1. The molecule has 0 aliphatic heterocycles. The van der Waals surface area contributed by atoms with Crippen LogP contribution in [0.2, 0.25) is 0 Å². The van der Waals surface area contributed by atoms with Gasteiger partial charge in [0.05, 0.1) is 11.8 Å². The second-order valence-corrected chi connectivity index (χ2v) is 5.83. The van der Waals surface area contributed by atoms with Crippen molar-refractivity contribution in [1.29, 1.82) is 0 Å². The predicted molar refractivity (Wildman–Crippen MR) is 82.5 cm³/mol. The molecule has 114 valence electrons. The Morgan fingerprint density at radius 1 is 1.30 bits per heavy atom. The highest BCUT2D eigenvalue weighted by Crippen LogP contribution is 2.24. The molecule has 0 aliphatic rings. The molecule has 0 aliphatic carbocycles. The first-order valence-corrected chi connectivity index (χ1v) is 7.29. The quantitative estimate of drug-likeness (QED) is 0.769. The van der Waals surface area contributed by atoms with Crippen molar-refractivity contribution in [2.75, 3.05) is 25.0 Å². The molecular formula is C16H27FN2O. The number of aliphatic hydroxyl groups excluding tert-OH is 1. The monoisotopic (exact) mass is 282 g/mol. The Bertz CT molecular complexity index is 407. The van der Waals surface area contributed by atoms with E-state index in [2.05, 4.69) is 19.2 Å². The van der Waals surface area contributed by atoms with Crippen molar-refractivity contribution in [3.63, 3.8) is 0 Å². The SMILES string of the molecule is CC(C)CNCc1cccc(F)c1N(C)CCC(C)O. The third kappa shape index (κ3) is 5.47. The summed E-state index contributed by atoms with van der Waals surface area (Å²) in [5.41, 5.74) is 1.59. The van der Waals surface area contributed by atoms with Gasteiger partial charge in [-0.05, 0) is 37.4 Å². The zero-order valence-electron chi connectivity index (χ0n) is 13.0. The summed E-state index contributed by atoms with van der Waals surface area (Å²) in [7, 11) is 1.87. The van der Waals surface area contributed by atoms with E-state index in [1.165, 1.54) is 6.07 Å². The standard InChI is InChI=1S/C16H27FN2O/c1-12(2)10-18-11-14-6-5-7-15(17)16(14)19(4)9-8-13(3)20/h5-7,12-13,18,20H,8-11H2,1-4H3. The van der Waals surface area contributed by atoms with E-state index in [-0.39, 0.29) is 11.9 Å². The van der Waals surface area contributed by atoms with Crippen LogP contribution >= 0.6 is 0 Å². The Kier molecular flexibility index (Phi) is 6.96. The highest BCUT2D eigenvalue weighted by atomic mass is 19.1. The molecule has 20 heavy (non-hydrogen) atoms. The van der Waals surface area contributed by atoms with Gasteiger partial charge in [0.15, 0.2) is 0 Å². The van der Waals surface area contributed by atoms with Crippen molar-refractivity contribution in [3.8, 4) is 0 Å². The zero-order valence-corrected chi connectivity index (χ0v) is 13.0. The third-order valence-electron chi connectivity index (χ3n) is 3.20. The minimum atomic E-state index is -0.369. The van der Waals surface area contributed by atoms with E-state index in [9.17, 15) is 9.50 Å². The fourth-order valence-corrected chi connectivity index (χ4v) is 2.12. The van der Waals surface area contributed by atoms with E-state index < -0.39 is 0 Å². The van der Waals surface area contributed by atoms with Gasteiger partial charge in [0, 0.05) is 20.1 Å². The molecule has 3 nitrogen and oxygen atoms in total. The molecule has 1 aromatic carbocycles. The summed E-state index contributed by atoms with van der Waals surface area (Å²) in [5, 5.41) is 12.7. The first-order valence-electron chi connectivity index (χ1n) is 7.29. The maximum absolute atomic E-state index is 14.1. The molecule has 0 saturated heterocycles. The average Bonchev–Trinajstić information content (AvgIpc) is 2.35. The van der Waals surface area contributed by atoms with Crippen LogP contribution in [0.15, 0.2) is 18.2 Å². The summed E-state index contributed by atoms with van der Waals surface area (Å²) >= 11 is 0. The van der Waals surface area contributed by atoms with Gasteiger partial charge in [-0.15, -0.1) is 0 Å². The molecule has 1 unspecified atom stereocenters. The lowest BCUT2D eigenvalue weighted by molar-refractivity contribution is 0.186. The minimum absolute atomic E-state index is 0.207. The molecule has 0 aromatic heterocycles. The van der Waals surface area contributed by atoms with Crippen molar-refractivity contribution >= 4 is 5.69 Å². The molecule has 0 fully saturated rings. The highest BCUT2D eigenvalue weighted by Gasteiger charge is 2.13.